The normalized spacial score (nSPS) is 9.20. The minimum atomic E-state index is -0.0794. The second-order valence-corrected chi connectivity index (χ2v) is 1.91. The van der Waals surface area contributed by atoms with Crippen LogP contribution >= 0.6 is 0 Å². The molecule has 0 amide bonds. The van der Waals surface area contributed by atoms with E-state index in [1.54, 1.807) is 6.07 Å². The first kappa shape index (κ1) is 6.91. The van der Waals surface area contributed by atoms with E-state index in [1.807, 2.05) is 0 Å². The zero-order valence-electron chi connectivity index (χ0n) is 5.50. The van der Waals surface area contributed by atoms with Crippen LogP contribution in [0, 0.1) is 12.3 Å². The second kappa shape index (κ2) is 3.09. The fourth-order valence-corrected chi connectivity index (χ4v) is 0.773. The van der Waals surface area contributed by atoms with Gasteiger partial charge in [0, 0.05) is 12.0 Å². The van der Waals surface area contributed by atoms with Crippen LogP contribution in [-0.2, 0) is 13.0 Å². The van der Waals surface area contributed by atoms with E-state index in [-0.39, 0.29) is 6.61 Å². The Hall–Kier alpha value is -1.20. The molecule has 1 N–H and O–H groups in total. The number of aliphatic hydroxyl groups is 1. The third kappa shape index (κ3) is 1.20. The van der Waals surface area contributed by atoms with Gasteiger partial charge in [0.25, 0.3) is 0 Å². The van der Waals surface area contributed by atoms with Gasteiger partial charge < -0.3 is 9.52 Å². The average Bonchev–Trinajstić information content (AvgIpc) is 2.36. The molecule has 52 valence electrons. The van der Waals surface area contributed by atoms with Crippen molar-refractivity contribution in [2.75, 3.05) is 0 Å². The van der Waals surface area contributed by atoms with Gasteiger partial charge in [0.2, 0.25) is 0 Å². The average molecular weight is 136 g/mol. The van der Waals surface area contributed by atoms with E-state index in [4.69, 9.17) is 15.9 Å². The summed E-state index contributed by atoms with van der Waals surface area (Å²) >= 11 is 0. The standard InChI is InChI=1S/C8H8O2/c1-2-3-7-4-5-10-8(7)6-9/h1,4-5,9H,3,6H2. The highest BCUT2D eigenvalue weighted by Crippen LogP contribution is 2.09. The first-order valence-corrected chi connectivity index (χ1v) is 2.98. The molecule has 1 aromatic rings. The number of hydrogen-bond donors (Lipinski definition) is 1. The van der Waals surface area contributed by atoms with Crippen molar-refractivity contribution in [3.63, 3.8) is 0 Å². The molecular weight excluding hydrogens is 128 g/mol. The van der Waals surface area contributed by atoms with Crippen LogP contribution in [0.2, 0.25) is 0 Å². The van der Waals surface area contributed by atoms with Crippen LogP contribution in [-0.4, -0.2) is 5.11 Å². The molecule has 0 radical (unpaired) electrons. The van der Waals surface area contributed by atoms with Crippen molar-refractivity contribution in [3.8, 4) is 12.3 Å². The molecule has 2 nitrogen and oxygen atoms in total. The topological polar surface area (TPSA) is 33.4 Å². The van der Waals surface area contributed by atoms with E-state index >= 15 is 0 Å². The van der Waals surface area contributed by atoms with Gasteiger partial charge in [0.1, 0.15) is 12.4 Å². The molecule has 0 spiro atoms. The Kier molecular flexibility index (Phi) is 2.14. The molecular formula is C8H8O2. The molecule has 1 heterocycles. The van der Waals surface area contributed by atoms with Crippen molar-refractivity contribution in [3.05, 3.63) is 23.7 Å². The smallest absolute Gasteiger partial charge is 0.133 e. The van der Waals surface area contributed by atoms with Gasteiger partial charge in [-0.2, -0.15) is 0 Å². The molecule has 1 rings (SSSR count). The van der Waals surface area contributed by atoms with Crippen LogP contribution in [0.3, 0.4) is 0 Å². The molecule has 2 heteroatoms. The summed E-state index contributed by atoms with van der Waals surface area (Å²) in [7, 11) is 0. The summed E-state index contributed by atoms with van der Waals surface area (Å²) in [5, 5.41) is 8.67. The number of furan rings is 1. The van der Waals surface area contributed by atoms with E-state index < -0.39 is 0 Å². The third-order valence-corrected chi connectivity index (χ3v) is 1.27. The molecule has 0 atom stereocenters. The molecule has 0 aliphatic heterocycles. The molecule has 0 aliphatic rings. The summed E-state index contributed by atoms with van der Waals surface area (Å²) in [6, 6.07) is 1.77. The van der Waals surface area contributed by atoms with Crippen molar-refractivity contribution in [2.24, 2.45) is 0 Å². The van der Waals surface area contributed by atoms with Crippen LogP contribution in [0.4, 0.5) is 0 Å². The third-order valence-electron chi connectivity index (χ3n) is 1.27. The van der Waals surface area contributed by atoms with Crippen LogP contribution in [0.25, 0.3) is 0 Å². The lowest BCUT2D eigenvalue weighted by Gasteiger charge is -1.91. The summed E-state index contributed by atoms with van der Waals surface area (Å²) in [6.07, 6.45) is 7.12. The number of hydrogen-bond acceptors (Lipinski definition) is 2. The molecule has 0 saturated carbocycles. The molecule has 1 aromatic heterocycles. The lowest BCUT2D eigenvalue weighted by Crippen LogP contribution is -1.85. The van der Waals surface area contributed by atoms with E-state index in [1.165, 1.54) is 6.26 Å². The first-order chi connectivity index (χ1) is 4.88. The van der Waals surface area contributed by atoms with Gasteiger partial charge in [-0.05, 0) is 6.07 Å². The van der Waals surface area contributed by atoms with Crippen LogP contribution in [0.5, 0.6) is 0 Å². The van der Waals surface area contributed by atoms with E-state index in [0.29, 0.717) is 12.2 Å². The molecule has 0 aliphatic carbocycles. The van der Waals surface area contributed by atoms with Gasteiger partial charge >= 0.3 is 0 Å². The minimum absolute atomic E-state index is 0.0794. The maximum atomic E-state index is 8.67. The zero-order chi connectivity index (χ0) is 7.40. The van der Waals surface area contributed by atoms with Gasteiger partial charge in [0.05, 0.1) is 6.26 Å². The van der Waals surface area contributed by atoms with Crippen molar-refractivity contribution in [1.29, 1.82) is 0 Å². The van der Waals surface area contributed by atoms with Crippen molar-refractivity contribution < 1.29 is 9.52 Å². The van der Waals surface area contributed by atoms with E-state index in [9.17, 15) is 0 Å². The Morgan fingerprint density at radius 3 is 3.10 bits per heavy atom. The van der Waals surface area contributed by atoms with Crippen molar-refractivity contribution in [2.45, 2.75) is 13.0 Å². The van der Waals surface area contributed by atoms with Crippen LogP contribution < -0.4 is 0 Å². The monoisotopic (exact) mass is 136 g/mol. The lowest BCUT2D eigenvalue weighted by atomic mass is 10.2. The van der Waals surface area contributed by atoms with Gasteiger partial charge in [-0.3, -0.25) is 0 Å². The quantitative estimate of drug-likeness (QED) is 0.614. The zero-order valence-corrected chi connectivity index (χ0v) is 5.50. The van der Waals surface area contributed by atoms with E-state index in [0.717, 1.165) is 5.56 Å². The van der Waals surface area contributed by atoms with Crippen LogP contribution in [0.15, 0.2) is 16.7 Å². The summed E-state index contributed by atoms with van der Waals surface area (Å²) in [6.45, 7) is -0.0794. The lowest BCUT2D eigenvalue weighted by molar-refractivity contribution is 0.246. The Bertz CT molecular complexity index is 242. The van der Waals surface area contributed by atoms with Gasteiger partial charge in [0.15, 0.2) is 0 Å². The number of rotatable bonds is 2. The molecule has 10 heavy (non-hydrogen) atoms. The summed E-state index contributed by atoms with van der Waals surface area (Å²) in [5.74, 6) is 3.04. The minimum Gasteiger partial charge on any atom is -0.467 e. The van der Waals surface area contributed by atoms with Crippen molar-refractivity contribution >= 4 is 0 Å². The predicted octanol–water partition coefficient (Wildman–Crippen LogP) is 0.948. The van der Waals surface area contributed by atoms with Crippen LogP contribution in [0.1, 0.15) is 11.3 Å². The second-order valence-electron chi connectivity index (χ2n) is 1.91. The van der Waals surface area contributed by atoms with Gasteiger partial charge in [-0.25, -0.2) is 0 Å². The number of aliphatic hydroxyl groups excluding tert-OH is 1. The SMILES string of the molecule is C#CCc1ccoc1CO. The predicted molar refractivity (Wildman–Crippen MR) is 37.2 cm³/mol. The Labute approximate surface area is 59.5 Å². The molecule has 0 saturated heterocycles. The Balaban J connectivity index is 2.82. The molecule has 0 aromatic carbocycles. The molecule has 0 unspecified atom stereocenters. The molecule has 0 fully saturated rings. The summed E-state index contributed by atoms with van der Waals surface area (Å²) in [5.41, 5.74) is 0.894. The Morgan fingerprint density at radius 2 is 2.50 bits per heavy atom. The largest absolute Gasteiger partial charge is 0.467 e. The van der Waals surface area contributed by atoms with E-state index in [2.05, 4.69) is 5.92 Å². The van der Waals surface area contributed by atoms with Gasteiger partial charge in [-0.15, -0.1) is 12.3 Å². The molecule has 0 bridgehead atoms. The van der Waals surface area contributed by atoms with Crippen molar-refractivity contribution in [1.82, 2.24) is 0 Å². The van der Waals surface area contributed by atoms with Gasteiger partial charge in [-0.1, -0.05) is 0 Å². The summed E-state index contributed by atoms with van der Waals surface area (Å²) < 4.78 is 4.92. The fourth-order valence-electron chi connectivity index (χ4n) is 0.773. The fraction of sp³-hybridized carbons (Fsp3) is 0.250. The Morgan fingerprint density at radius 1 is 1.70 bits per heavy atom. The summed E-state index contributed by atoms with van der Waals surface area (Å²) in [4.78, 5) is 0. The highest BCUT2D eigenvalue weighted by atomic mass is 16.4. The number of terminal acetylenes is 1. The maximum absolute atomic E-state index is 8.67. The maximum Gasteiger partial charge on any atom is 0.133 e. The highest BCUT2D eigenvalue weighted by Gasteiger charge is 2.01. The first-order valence-electron chi connectivity index (χ1n) is 2.98. The highest BCUT2D eigenvalue weighted by molar-refractivity contribution is 5.21.